The van der Waals surface area contributed by atoms with Crippen LogP contribution in [0.1, 0.15) is 25.5 Å². The molecule has 68 valence electrons. The Labute approximate surface area is 71.4 Å². The van der Waals surface area contributed by atoms with Gasteiger partial charge in [0.2, 0.25) is 0 Å². The quantitative estimate of drug-likeness (QED) is 0.681. The molecule has 1 aromatic heterocycles. The minimum absolute atomic E-state index is 0.0513. The van der Waals surface area contributed by atoms with Gasteiger partial charge in [0.25, 0.3) is 5.56 Å². The minimum atomic E-state index is 0.0513. The molecule has 0 atom stereocenters. The summed E-state index contributed by atoms with van der Waals surface area (Å²) >= 11 is 0. The number of nitrogens with one attached hydrogen (secondary N) is 1. The van der Waals surface area contributed by atoms with Crippen molar-refractivity contribution >= 4 is 0 Å². The van der Waals surface area contributed by atoms with Gasteiger partial charge in [-0.3, -0.25) is 9.48 Å². The van der Waals surface area contributed by atoms with Gasteiger partial charge in [-0.2, -0.15) is 0 Å². The molecule has 4 heteroatoms. The molecule has 0 aliphatic carbocycles. The molecule has 1 heterocycles. The number of nitrogens with zero attached hydrogens (tertiary/aromatic N) is 1. The summed E-state index contributed by atoms with van der Waals surface area (Å²) in [6, 6.07) is 0.184. The molecular weight excluding hydrogens is 154 g/mol. The van der Waals surface area contributed by atoms with Crippen LogP contribution in [0.2, 0.25) is 0 Å². The first-order valence-corrected chi connectivity index (χ1v) is 4.15. The van der Waals surface area contributed by atoms with Crippen molar-refractivity contribution in [1.82, 2.24) is 9.78 Å². The summed E-state index contributed by atoms with van der Waals surface area (Å²) in [4.78, 5) is 11.5. The molecule has 4 nitrogen and oxygen atoms in total. The lowest BCUT2D eigenvalue weighted by atomic mass is 10.2. The molecule has 3 N–H and O–H groups in total. The second-order valence-electron chi connectivity index (χ2n) is 3.11. The maximum atomic E-state index is 11.5. The molecule has 0 aliphatic heterocycles. The highest BCUT2D eigenvalue weighted by Crippen LogP contribution is 1.98. The van der Waals surface area contributed by atoms with Crippen LogP contribution in [0, 0.1) is 0 Å². The Balaban J connectivity index is 2.97. The van der Waals surface area contributed by atoms with Crippen LogP contribution in [0.4, 0.5) is 0 Å². The fourth-order valence-corrected chi connectivity index (χ4v) is 1.14. The van der Waals surface area contributed by atoms with Gasteiger partial charge in [-0.25, -0.2) is 0 Å². The predicted octanol–water partition coefficient (Wildman–Crippen LogP) is 0.259. The third-order valence-electron chi connectivity index (χ3n) is 1.80. The Morgan fingerprint density at radius 3 is 2.75 bits per heavy atom. The van der Waals surface area contributed by atoms with E-state index in [1.807, 2.05) is 13.8 Å². The van der Waals surface area contributed by atoms with Crippen LogP contribution in [0.5, 0.6) is 0 Å². The van der Waals surface area contributed by atoms with Crippen molar-refractivity contribution in [3.8, 4) is 0 Å². The SMILES string of the molecule is CC(C)n1[nH]cc(CCN)c1=O. The molecule has 1 rings (SSSR count). The molecule has 0 saturated heterocycles. The van der Waals surface area contributed by atoms with Gasteiger partial charge in [0.1, 0.15) is 0 Å². The van der Waals surface area contributed by atoms with Crippen molar-refractivity contribution in [3.05, 3.63) is 22.1 Å². The fraction of sp³-hybridized carbons (Fsp3) is 0.625. The molecule has 1 aromatic rings. The van der Waals surface area contributed by atoms with Gasteiger partial charge in [-0.1, -0.05) is 0 Å². The molecule has 0 saturated carbocycles. The second kappa shape index (κ2) is 3.58. The van der Waals surface area contributed by atoms with Crippen molar-refractivity contribution in [2.24, 2.45) is 5.73 Å². The molecular formula is C8H15N3O. The van der Waals surface area contributed by atoms with Gasteiger partial charge in [0, 0.05) is 17.8 Å². The maximum absolute atomic E-state index is 11.5. The lowest BCUT2D eigenvalue weighted by Crippen LogP contribution is -2.22. The van der Waals surface area contributed by atoms with Crippen LogP contribution < -0.4 is 11.3 Å². The summed E-state index contributed by atoms with van der Waals surface area (Å²) in [6.45, 7) is 4.44. The Bertz CT molecular complexity index is 297. The molecule has 0 aliphatic rings. The van der Waals surface area contributed by atoms with Crippen LogP contribution in [0.3, 0.4) is 0 Å². The van der Waals surface area contributed by atoms with Gasteiger partial charge < -0.3 is 10.8 Å². The molecule has 0 amide bonds. The second-order valence-corrected chi connectivity index (χ2v) is 3.11. The Morgan fingerprint density at radius 1 is 1.67 bits per heavy atom. The normalized spacial score (nSPS) is 11.0. The van der Waals surface area contributed by atoms with E-state index in [0.717, 1.165) is 5.56 Å². The van der Waals surface area contributed by atoms with E-state index in [4.69, 9.17) is 5.73 Å². The molecule has 0 aromatic carbocycles. The lowest BCUT2D eigenvalue weighted by Gasteiger charge is -2.03. The molecule has 0 unspecified atom stereocenters. The van der Waals surface area contributed by atoms with Gasteiger partial charge in [-0.15, -0.1) is 0 Å². The third-order valence-corrected chi connectivity index (χ3v) is 1.80. The Morgan fingerprint density at radius 2 is 2.33 bits per heavy atom. The fourth-order valence-electron chi connectivity index (χ4n) is 1.14. The summed E-state index contributed by atoms with van der Waals surface area (Å²) in [5.41, 5.74) is 6.17. The van der Waals surface area contributed by atoms with Crippen LogP contribution in [0.15, 0.2) is 11.0 Å². The topological polar surface area (TPSA) is 63.8 Å². The Hall–Kier alpha value is -1.03. The van der Waals surface area contributed by atoms with E-state index in [2.05, 4.69) is 5.10 Å². The van der Waals surface area contributed by atoms with Gasteiger partial charge in [0.15, 0.2) is 0 Å². The minimum Gasteiger partial charge on any atom is -0.330 e. The van der Waals surface area contributed by atoms with Crippen LogP contribution in [-0.4, -0.2) is 16.3 Å². The summed E-state index contributed by atoms with van der Waals surface area (Å²) in [5.74, 6) is 0. The molecule has 0 fully saturated rings. The van der Waals surface area contributed by atoms with Crippen molar-refractivity contribution < 1.29 is 0 Å². The smallest absolute Gasteiger partial charge is 0.269 e. The van der Waals surface area contributed by atoms with Crippen LogP contribution in [-0.2, 0) is 6.42 Å². The number of nitrogens with two attached hydrogens (primary N) is 1. The summed E-state index contributed by atoms with van der Waals surface area (Å²) in [5, 5.41) is 2.91. The van der Waals surface area contributed by atoms with Crippen molar-refractivity contribution in [1.29, 1.82) is 0 Å². The first kappa shape index (κ1) is 9.06. The predicted molar refractivity (Wildman–Crippen MR) is 48.2 cm³/mol. The van der Waals surface area contributed by atoms with E-state index >= 15 is 0 Å². The number of rotatable bonds is 3. The largest absolute Gasteiger partial charge is 0.330 e. The standard InChI is InChI=1S/C8H15N3O/c1-6(2)11-8(12)7(3-4-9)5-10-11/h5-6,10H,3-4,9H2,1-2H3. The van der Waals surface area contributed by atoms with Crippen LogP contribution in [0.25, 0.3) is 0 Å². The van der Waals surface area contributed by atoms with E-state index in [1.165, 1.54) is 0 Å². The Kier molecular flexibility index (Phi) is 2.70. The summed E-state index contributed by atoms with van der Waals surface area (Å²) in [6.07, 6.45) is 2.38. The first-order valence-electron chi connectivity index (χ1n) is 4.15. The molecule has 0 spiro atoms. The van der Waals surface area contributed by atoms with Crippen molar-refractivity contribution in [3.63, 3.8) is 0 Å². The van der Waals surface area contributed by atoms with Gasteiger partial charge in [0.05, 0.1) is 0 Å². The zero-order valence-corrected chi connectivity index (χ0v) is 7.50. The van der Waals surface area contributed by atoms with E-state index < -0.39 is 0 Å². The van der Waals surface area contributed by atoms with E-state index in [9.17, 15) is 4.79 Å². The monoisotopic (exact) mass is 169 g/mol. The number of aromatic amines is 1. The zero-order valence-electron chi connectivity index (χ0n) is 7.50. The number of H-pyrrole nitrogens is 1. The van der Waals surface area contributed by atoms with E-state index in [-0.39, 0.29) is 11.6 Å². The van der Waals surface area contributed by atoms with Crippen molar-refractivity contribution in [2.45, 2.75) is 26.3 Å². The molecule has 0 bridgehead atoms. The highest BCUT2D eigenvalue weighted by Gasteiger charge is 2.06. The average Bonchev–Trinajstić information content (AvgIpc) is 2.34. The zero-order chi connectivity index (χ0) is 9.14. The summed E-state index contributed by atoms with van der Waals surface area (Å²) < 4.78 is 1.60. The highest BCUT2D eigenvalue weighted by atomic mass is 16.1. The first-order chi connectivity index (χ1) is 5.66. The van der Waals surface area contributed by atoms with E-state index in [0.29, 0.717) is 13.0 Å². The molecule has 12 heavy (non-hydrogen) atoms. The van der Waals surface area contributed by atoms with E-state index in [1.54, 1.807) is 10.9 Å². The average molecular weight is 169 g/mol. The maximum Gasteiger partial charge on any atom is 0.269 e. The summed E-state index contributed by atoms with van der Waals surface area (Å²) in [7, 11) is 0. The van der Waals surface area contributed by atoms with Crippen LogP contribution >= 0.6 is 0 Å². The van der Waals surface area contributed by atoms with Gasteiger partial charge >= 0.3 is 0 Å². The lowest BCUT2D eigenvalue weighted by molar-refractivity contribution is 0.516. The third kappa shape index (κ3) is 1.58. The van der Waals surface area contributed by atoms with Gasteiger partial charge in [-0.05, 0) is 26.8 Å². The van der Waals surface area contributed by atoms with Crippen molar-refractivity contribution in [2.75, 3.05) is 6.54 Å². The highest BCUT2D eigenvalue weighted by molar-refractivity contribution is 5.05. The number of aromatic nitrogens is 2. The number of hydrogen-bond acceptors (Lipinski definition) is 2. The molecule has 0 radical (unpaired) electrons. The number of hydrogen-bond donors (Lipinski definition) is 2.